The van der Waals surface area contributed by atoms with Crippen molar-refractivity contribution in [3.8, 4) is 0 Å². The Bertz CT molecular complexity index is 446. The Labute approximate surface area is 127 Å². The van der Waals surface area contributed by atoms with Crippen LogP contribution in [0.2, 0.25) is 0 Å². The van der Waals surface area contributed by atoms with Crippen LogP contribution in [0.1, 0.15) is 46.5 Å². The molecule has 3 nitrogen and oxygen atoms in total. The molecule has 2 N–H and O–H groups in total. The van der Waals surface area contributed by atoms with Gasteiger partial charge in [0.2, 0.25) is 5.91 Å². The highest BCUT2D eigenvalue weighted by Gasteiger charge is 2.17. The number of nitrogens with one attached hydrogen (secondary N) is 2. The van der Waals surface area contributed by atoms with Gasteiger partial charge in [-0.2, -0.15) is 0 Å². The Morgan fingerprint density at radius 3 is 2.62 bits per heavy atom. The maximum atomic E-state index is 13.4. The molecule has 0 heterocycles. The summed E-state index contributed by atoms with van der Waals surface area (Å²) in [5.41, 5.74) is 0.402. The normalized spacial score (nSPS) is 11.4. The SMILES string of the molecule is CCCCCC(C)(C)CNCC(=O)Nc1ccccc1F. The highest BCUT2D eigenvalue weighted by Crippen LogP contribution is 2.22. The van der Waals surface area contributed by atoms with E-state index in [1.54, 1.807) is 18.2 Å². The summed E-state index contributed by atoms with van der Waals surface area (Å²) in [6.45, 7) is 7.57. The maximum absolute atomic E-state index is 13.4. The molecule has 0 radical (unpaired) electrons. The van der Waals surface area contributed by atoms with Crippen molar-refractivity contribution in [1.29, 1.82) is 0 Å². The van der Waals surface area contributed by atoms with Gasteiger partial charge in [0, 0.05) is 6.54 Å². The number of unbranched alkanes of at least 4 members (excludes halogenated alkanes) is 2. The Morgan fingerprint density at radius 2 is 1.95 bits per heavy atom. The van der Waals surface area contributed by atoms with E-state index in [4.69, 9.17) is 0 Å². The van der Waals surface area contributed by atoms with E-state index in [1.165, 1.54) is 25.3 Å². The van der Waals surface area contributed by atoms with Crippen molar-refractivity contribution >= 4 is 11.6 Å². The van der Waals surface area contributed by atoms with Gasteiger partial charge in [0.15, 0.2) is 0 Å². The van der Waals surface area contributed by atoms with E-state index in [0.29, 0.717) is 0 Å². The number of benzene rings is 1. The molecule has 0 aliphatic rings. The summed E-state index contributed by atoms with van der Waals surface area (Å²) in [6.07, 6.45) is 4.82. The van der Waals surface area contributed by atoms with Crippen LogP contribution in [0.15, 0.2) is 24.3 Å². The highest BCUT2D eigenvalue weighted by molar-refractivity contribution is 5.92. The molecular formula is C17H27FN2O. The molecule has 0 aliphatic heterocycles. The van der Waals surface area contributed by atoms with Crippen LogP contribution in [0, 0.1) is 11.2 Å². The molecule has 1 amide bonds. The minimum Gasteiger partial charge on any atom is -0.322 e. The smallest absolute Gasteiger partial charge is 0.238 e. The molecule has 0 saturated carbocycles. The number of carbonyl (C=O) groups is 1. The molecule has 0 aromatic heterocycles. The van der Waals surface area contributed by atoms with Crippen molar-refractivity contribution < 1.29 is 9.18 Å². The van der Waals surface area contributed by atoms with E-state index in [9.17, 15) is 9.18 Å². The molecule has 1 rings (SSSR count). The Morgan fingerprint density at radius 1 is 1.24 bits per heavy atom. The zero-order valence-electron chi connectivity index (χ0n) is 13.3. The number of para-hydroxylation sites is 1. The molecular weight excluding hydrogens is 267 g/mol. The minimum absolute atomic E-state index is 0.174. The van der Waals surface area contributed by atoms with E-state index >= 15 is 0 Å². The summed E-state index contributed by atoms with van der Waals surface area (Å²) in [5, 5.41) is 5.73. The predicted molar refractivity (Wildman–Crippen MR) is 85.8 cm³/mol. The number of hydrogen-bond donors (Lipinski definition) is 2. The predicted octanol–water partition coefficient (Wildman–Crippen LogP) is 3.96. The third-order valence-corrected chi connectivity index (χ3v) is 3.49. The van der Waals surface area contributed by atoms with E-state index in [1.807, 2.05) is 0 Å². The summed E-state index contributed by atoms with van der Waals surface area (Å²) in [7, 11) is 0. The average Bonchev–Trinajstić information content (AvgIpc) is 2.41. The highest BCUT2D eigenvalue weighted by atomic mass is 19.1. The molecule has 0 unspecified atom stereocenters. The largest absolute Gasteiger partial charge is 0.322 e. The Kier molecular flexibility index (Phi) is 7.37. The molecule has 1 aromatic carbocycles. The van der Waals surface area contributed by atoms with Crippen LogP contribution in [0.4, 0.5) is 10.1 Å². The van der Waals surface area contributed by atoms with Crippen LogP contribution in [0.3, 0.4) is 0 Å². The first-order valence-electron chi connectivity index (χ1n) is 7.70. The second-order valence-electron chi connectivity index (χ2n) is 6.25. The van der Waals surface area contributed by atoms with Gasteiger partial charge >= 0.3 is 0 Å². The first-order valence-corrected chi connectivity index (χ1v) is 7.70. The van der Waals surface area contributed by atoms with Gasteiger partial charge in [0.05, 0.1) is 12.2 Å². The monoisotopic (exact) mass is 294 g/mol. The number of carbonyl (C=O) groups excluding carboxylic acids is 1. The lowest BCUT2D eigenvalue weighted by molar-refractivity contribution is -0.115. The number of halogens is 1. The molecule has 4 heteroatoms. The van der Waals surface area contributed by atoms with Gasteiger partial charge in [0.1, 0.15) is 5.82 Å². The van der Waals surface area contributed by atoms with Crippen molar-refractivity contribution in [2.24, 2.45) is 5.41 Å². The van der Waals surface area contributed by atoms with Crippen molar-refractivity contribution in [1.82, 2.24) is 5.32 Å². The molecule has 118 valence electrons. The number of anilines is 1. The quantitative estimate of drug-likeness (QED) is 0.677. The average molecular weight is 294 g/mol. The van der Waals surface area contributed by atoms with E-state index in [0.717, 1.165) is 13.0 Å². The van der Waals surface area contributed by atoms with Crippen molar-refractivity contribution in [2.45, 2.75) is 46.5 Å². The minimum atomic E-state index is -0.411. The third-order valence-electron chi connectivity index (χ3n) is 3.49. The van der Waals surface area contributed by atoms with E-state index < -0.39 is 5.82 Å². The lowest BCUT2D eigenvalue weighted by atomic mass is 9.87. The van der Waals surface area contributed by atoms with Gasteiger partial charge in [-0.05, 0) is 24.0 Å². The first kappa shape index (κ1) is 17.6. The van der Waals surface area contributed by atoms with Gasteiger partial charge in [0.25, 0.3) is 0 Å². The molecule has 21 heavy (non-hydrogen) atoms. The first-order chi connectivity index (χ1) is 9.94. The summed E-state index contributed by atoms with van der Waals surface area (Å²) < 4.78 is 13.4. The number of amides is 1. The van der Waals surface area contributed by atoms with Crippen LogP contribution in [-0.4, -0.2) is 19.0 Å². The molecule has 0 aliphatic carbocycles. The molecule has 1 aromatic rings. The molecule has 0 spiro atoms. The van der Waals surface area contributed by atoms with Gasteiger partial charge in [-0.25, -0.2) is 4.39 Å². The fraction of sp³-hybridized carbons (Fsp3) is 0.588. The number of rotatable bonds is 9. The standard InChI is InChI=1S/C17H27FN2O/c1-4-5-8-11-17(2,3)13-19-12-16(21)20-15-10-7-6-9-14(15)18/h6-7,9-10,19H,4-5,8,11-13H2,1-3H3,(H,20,21). The summed E-state index contributed by atoms with van der Waals surface area (Å²) >= 11 is 0. The summed E-state index contributed by atoms with van der Waals surface area (Å²) in [5.74, 6) is -0.629. The fourth-order valence-electron chi connectivity index (χ4n) is 2.21. The lowest BCUT2D eigenvalue weighted by Crippen LogP contribution is -2.35. The van der Waals surface area contributed by atoms with Gasteiger partial charge in [-0.1, -0.05) is 52.2 Å². The third kappa shape index (κ3) is 7.23. The van der Waals surface area contributed by atoms with Gasteiger partial charge in [-0.15, -0.1) is 0 Å². The van der Waals surface area contributed by atoms with Crippen LogP contribution in [-0.2, 0) is 4.79 Å². The molecule has 0 saturated heterocycles. The zero-order valence-corrected chi connectivity index (χ0v) is 13.3. The van der Waals surface area contributed by atoms with Crippen LogP contribution in [0.5, 0.6) is 0 Å². The van der Waals surface area contributed by atoms with E-state index in [-0.39, 0.29) is 23.6 Å². The number of hydrogen-bond acceptors (Lipinski definition) is 2. The van der Waals surface area contributed by atoms with Gasteiger partial charge < -0.3 is 10.6 Å². The second-order valence-corrected chi connectivity index (χ2v) is 6.25. The molecule has 0 fully saturated rings. The van der Waals surface area contributed by atoms with E-state index in [2.05, 4.69) is 31.4 Å². The van der Waals surface area contributed by atoms with Crippen LogP contribution < -0.4 is 10.6 Å². The Balaban J connectivity index is 2.28. The van der Waals surface area contributed by atoms with Crippen molar-refractivity contribution in [3.63, 3.8) is 0 Å². The molecule has 0 bridgehead atoms. The lowest BCUT2D eigenvalue weighted by Gasteiger charge is -2.25. The summed E-state index contributed by atoms with van der Waals surface area (Å²) in [4.78, 5) is 11.8. The van der Waals surface area contributed by atoms with Crippen LogP contribution in [0.25, 0.3) is 0 Å². The van der Waals surface area contributed by atoms with Crippen LogP contribution >= 0.6 is 0 Å². The molecule has 0 atom stereocenters. The second kappa shape index (κ2) is 8.78. The Hall–Kier alpha value is -1.42. The summed E-state index contributed by atoms with van der Waals surface area (Å²) in [6, 6.07) is 6.19. The van der Waals surface area contributed by atoms with Gasteiger partial charge in [-0.3, -0.25) is 4.79 Å². The topological polar surface area (TPSA) is 41.1 Å². The van der Waals surface area contributed by atoms with Crippen molar-refractivity contribution in [3.05, 3.63) is 30.1 Å². The zero-order chi connectivity index (χ0) is 15.7. The fourth-order valence-corrected chi connectivity index (χ4v) is 2.21. The van der Waals surface area contributed by atoms with Crippen molar-refractivity contribution in [2.75, 3.05) is 18.4 Å². The maximum Gasteiger partial charge on any atom is 0.238 e.